The van der Waals surface area contributed by atoms with E-state index in [0.717, 1.165) is 5.56 Å². The Morgan fingerprint density at radius 1 is 0.929 bits per heavy atom. The van der Waals surface area contributed by atoms with Crippen molar-refractivity contribution in [2.75, 3.05) is 5.32 Å². The Labute approximate surface area is 161 Å². The van der Waals surface area contributed by atoms with E-state index in [4.69, 9.17) is 0 Å². The van der Waals surface area contributed by atoms with E-state index in [9.17, 15) is 14.4 Å². The number of carbonyl (C=O) groups is 3. The highest BCUT2D eigenvalue weighted by Crippen LogP contribution is 2.12. The average Bonchev–Trinajstić information content (AvgIpc) is 2.73. The second-order valence-corrected chi connectivity index (χ2v) is 6.06. The summed E-state index contributed by atoms with van der Waals surface area (Å²) in [5.41, 5.74) is 2.41. The summed E-state index contributed by atoms with van der Waals surface area (Å²) in [6.07, 6.45) is 4.74. The minimum Gasteiger partial charge on any atom is -0.348 e. The number of aromatic nitrogens is 2. The van der Waals surface area contributed by atoms with Crippen LogP contribution in [0.25, 0.3) is 0 Å². The summed E-state index contributed by atoms with van der Waals surface area (Å²) < 4.78 is 0. The van der Waals surface area contributed by atoms with E-state index in [0.29, 0.717) is 23.4 Å². The lowest BCUT2D eigenvalue weighted by Gasteiger charge is -2.08. The summed E-state index contributed by atoms with van der Waals surface area (Å²) in [7, 11) is 0. The first kappa shape index (κ1) is 18.9. The number of anilines is 1. The molecule has 2 aromatic heterocycles. The van der Waals surface area contributed by atoms with Crippen LogP contribution in [0.2, 0.25) is 0 Å². The van der Waals surface area contributed by atoms with Gasteiger partial charge in [-0.1, -0.05) is 6.07 Å². The third-order valence-corrected chi connectivity index (χ3v) is 3.98. The number of nitrogens with one attached hydrogen (secondary N) is 2. The van der Waals surface area contributed by atoms with Gasteiger partial charge in [-0.3, -0.25) is 24.4 Å². The van der Waals surface area contributed by atoms with Crippen LogP contribution >= 0.6 is 0 Å². The molecule has 2 N–H and O–H groups in total. The maximum atomic E-state index is 12.4. The van der Waals surface area contributed by atoms with Gasteiger partial charge in [0.2, 0.25) is 0 Å². The summed E-state index contributed by atoms with van der Waals surface area (Å²) >= 11 is 0. The van der Waals surface area contributed by atoms with Crippen LogP contribution in [0.5, 0.6) is 0 Å². The molecular formula is C21H18N4O3. The predicted molar refractivity (Wildman–Crippen MR) is 104 cm³/mol. The fraction of sp³-hybridized carbons (Fsp3) is 0.0952. The van der Waals surface area contributed by atoms with Crippen molar-refractivity contribution in [1.29, 1.82) is 0 Å². The Bertz CT molecular complexity index is 1000. The molecule has 0 unspecified atom stereocenters. The lowest BCUT2D eigenvalue weighted by atomic mass is 10.1. The molecule has 140 valence electrons. The zero-order valence-electron chi connectivity index (χ0n) is 15.2. The summed E-state index contributed by atoms with van der Waals surface area (Å²) in [5, 5.41) is 5.47. The highest BCUT2D eigenvalue weighted by molar-refractivity contribution is 6.05. The van der Waals surface area contributed by atoms with Crippen molar-refractivity contribution >= 4 is 23.3 Å². The van der Waals surface area contributed by atoms with Crippen molar-refractivity contribution in [2.45, 2.75) is 13.5 Å². The zero-order valence-corrected chi connectivity index (χ0v) is 15.2. The van der Waals surface area contributed by atoms with Crippen LogP contribution in [0.15, 0.2) is 67.1 Å². The first-order valence-electron chi connectivity index (χ1n) is 8.58. The van der Waals surface area contributed by atoms with Gasteiger partial charge >= 0.3 is 0 Å². The monoisotopic (exact) mass is 374 g/mol. The van der Waals surface area contributed by atoms with Crippen molar-refractivity contribution in [2.24, 2.45) is 0 Å². The standard InChI is InChI=1S/C21H18N4O3/c1-14(26)16-4-6-18(7-5-16)25-21(28)19-11-17(8-10-23-19)20(27)24-13-15-3-2-9-22-12-15/h2-12H,13H2,1H3,(H,24,27)(H,25,28). The lowest BCUT2D eigenvalue weighted by Crippen LogP contribution is -2.23. The molecule has 7 heteroatoms. The number of Topliss-reactive ketones (excluding diaryl/α,β-unsaturated/α-hetero) is 1. The van der Waals surface area contributed by atoms with Crippen molar-refractivity contribution in [3.8, 4) is 0 Å². The first-order valence-corrected chi connectivity index (χ1v) is 8.58. The fourth-order valence-electron chi connectivity index (χ4n) is 2.47. The number of carbonyl (C=O) groups excluding carboxylic acids is 3. The van der Waals surface area contributed by atoms with E-state index in [-0.39, 0.29) is 17.4 Å². The number of hydrogen-bond acceptors (Lipinski definition) is 5. The van der Waals surface area contributed by atoms with Crippen LogP contribution < -0.4 is 10.6 Å². The number of benzene rings is 1. The smallest absolute Gasteiger partial charge is 0.274 e. The van der Waals surface area contributed by atoms with Crippen LogP contribution in [-0.4, -0.2) is 27.6 Å². The van der Waals surface area contributed by atoms with E-state index in [1.165, 1.54) is 25.3 Å². The number of hydrogen-bond donors (Lipinski definition) is 2. The summed E-state index contributed by atoms with van der Waals surface area (Å²) in [6.45, 7) is 1.81. The summed E-state index contributed by atoms with van der Waals surface area (Å²) in [5.74, 6) is -0.812. The molecule has 3 aromatic rings. The molecule has 0 atom stereocenters. The maximum Gasteiger partial charge on any atom is 0.274 e. The Morgan fingerprint density at radius 3 is 2.39 bits per heavy atom. The molecule has 0 saturated heterocycles. The van der Waals surface area contributed by atoms with Gasteiger partial charge in [-0.2, -0.15) is 0 Å². The minimum atomic E-state index is -0.447. The number of rotatable bonds is 6. The molecule has 7 nitrogen and oxygen atoms in total. The molecule has 28 heavy (non-hydrogen) atoms. The Balaban J connectivity index is 1.65. The molecule has 0 radical (unpaired) electrons. The minimum absolute atomic E-state index is 0.0514. The SMILES string of the molecule is CC(=O)c1ccc(NC(=O)c2cc(C(=O)NCc3cccnc3)ccn2)cc1. The molecule has 0 aliphatic heterocycles. The molecule has 0 fully saturated rings. The molecule has 1 aromatic carbocycles. The van der Waals surface area contributed by atoms with Crippen LogP contribution in [0.3, 0.4) is 0 Å². The van der Waals surface area contributed by atoms with Crippen LogP contribution in [0.1, 0.15) is 43.7 Å². The Morgan fingerprint density at radius 2 is 1.71 bits per heavy atom. The largest absolute Gasteiger partial charge is 0.348 e. The normalized spacial score (nSPS) is 10.2. The average molecular weight is 374 g/mol. The molecule has 0 aliphatic rings. The zero-order chi connectivity index (χ0) is 19.9. The van der Waals surface area contributed by atoms with Gasteiger partial charge in [-0.15, -0.1) is 0 Å². The third kappa shape index (κ3) is 4.85. The van der Waals surface area contributed by atoms with E-state index < -0.39 is 5.91 Å². The van der Waals surface area contributed by atoms with Gasteiger partial charge in [0.25, 0.3) is 11.8 Å². The van der Waals surface area contributed by atoms with Crippen molar-refractivity contribution in [3.63, 3.8) is 0 Å². The molecule has 0 bridgehead atoms. The first-order chi connectivity index (χ1) is 13.5. The molecule has 0 spiro atoms. The second kappa shape index (κ2) is 8.68. The predicted octanol–water partition coefficient (Wildman–Crippen LogP) is 2.86. The van der Waals surface area contributed by atoms with Crippen molar-refractivity contribution in [3.05, 3.63) is 89.5 Å². The molecule has 3 rings (SSSR count). The second-order valence-electron chi connectivity index (χ2n) is 6.06. The molecular weight excluding hydrogens is 356 g/mol. The maximum absolute atomic E-state index is 12.4. The van der Waals surface area contributed by atoms with Crippen molar-refractivity contribution < 1.29 is 14.4 Å². The quantitative estimate of drug-likeness (QED) is 0.646. The van der Waals surface area contributed by atoms with Crippen LogP contribution in [0.4, 0.5) is 5.69 Å². The molecule has 2 amide bonds. The number of ketones is 1. The fourth-order valence-corrected chi connectivity index (χ4v) is 2.47. The van der Waals surface area contributed by atoms with E-state index in [2.05, 4.69) is 20.6 Å². The van der Waals surface area contributed by atoms with Gasteiger partial charge in [-0.05, 0) is 55.0 Å². The van der Waals surface area contributed by atoms with Gasteiger partial charge in [0.1, 0.15) is 5.69 Å². The summed E-state index contributed by atoms with van der Waals surface area (Å²) in [4.78, 5) is 44.1. The van der Waals surface area contributed by atoms with Crippen LogP contribution in [0, 0.1) is 0 Å². The highest BCUT2D eigenvalue weighted by atomic mass is 16.2. The van der Waals surface area contributed by atoms with E-state index >= 15 is 0 Å². The van der Waals surface area contributed by atoms with Crippen molar-refractivity contribution in [1.82, 2.24) is 15.3 Å². The molecule has 0 saturated carbocycles. The highest BCUT2D eigenvalue weighted by Gasteiger charge is 2.12. The van der Waals surface area contributed by atoms with Gasteiger partial charge in [0, 0.05) is 41.9 Å². The van der Waals surface area contributed by atoms with Gasteiger partial charge in [0.15, 0.2) is 5.78 Å². The Kier molecular flexibility index (Phi) is 5.86. The van der Waals surface area contributed by atoms with Gasteiger partial charge in [-0.25, -0.2) is 0 Å². The van der Waals surface area contributed by atoms with Gasteiger partial charge < -0.3 is 10.6 Å². The number of nitrogens with zero attached hydrogens (tertiary/aromatic N) is 2. The van der Waals surface area contributed by atoms with E-state index in [1.54, 1.807) is 42.7 Å². The third-order valence-electron chi connectivity index (χ3n) is 3.98. The number of amides is 2. The van der Waals surface area contributed by atoms with Crippen LogP contribution in [-0.2, 0) is 6.54 Å². The number of pyridine rings is 2. The topological polar surface area (TPSA) is 101 Å². The van der Waals surface area contributed by atoms with Gasteiger partial charge in [0.05, 0.1) is 0 Å². The van der Waals surface area contributed by atoms with E-state index in [1.807, 2.05) is 6.07 Å². The lowest BCUT2D eigenvalue weighted by molar-refractivity contribution is 0.0949. The molecule has 2 heterocycles. The summed E-state index contributed by atoms with van der Waals surface area (Å²) in [6, 6.07) is 13.2. The molecule has 0 aliphatic carbocycles. The Hall–Kier alpha value is -3.87.